The Bertz CT molecular complexity index is 3190. The SMILES string of the molecule is C=Cc1c2c(c3c(-c4ccccc4)c4cccc5ccc6c(c(cn6-c6nc(-c7ccc(-c8ccccc8)cc7)nc(-c7ccccc7)c6C)c1-3)c54)C=CC=CC2. The van der Waals surface area contributed by atoms with Gasteiger partial charge in [-0.1, -0.05) is 176 Å². The number of fused-ring (bicyclic) bond motifs is 4. The van der Waals surface area contributed by atoms with Crippen molar-refractivity contribution in [2.45, 2.75) is 13.3 Å². The van der Waals surface area contributed by atoms with E-state index in [9.17, 15) is 0 Å². The summed E-state index contributed by atoms with van der Waals surface area (Å²) < 4.78 is 2.32. The summed E-state index contributed by atoms with van der Waals surface area (Å²) in [6.07, 6.45) is 14.2. The number of hydrogen-bond donors (Lipinski definition) is 0. The van der Waals surface area contributed by atoms with Crippen molar-refractivity contribution in [3.8, 4) is 61.8 Å². The Labute approximate surface area is 331 Å². The van der Waals surface area contributed by atoms with Crippen LogP contribution in [0.15, 0.2) is 177 Å². The number of rotatable bonds is 6. The Hall–Kier alpha value is -7.36. The molecule has 0 bridgehead atoms. The number of allylic oxidation sites excluding steroid dienone is 3. The second-order valence-corrected chi connectivity index (χ2v) is 14.9. The second kappa shape index (κ2) is 13.1. The Balaban J connectivity index is 1.26. The maximum Gasteiger partial charge on any atom is 0.162 e. The third kappa shape index (κ3) is 5.13. The first kappa shape index (κ1) is 33.0. The van der Waals surface area contributed by atoms with Gasteiger partial charge in [0.2, 0.25) is 0 Å². The molecule has 0 unspecified atom stereocenters. The summed E-state index contributed by atoms with van der Waals surface area (Å²) >= 11 is 0. The largest absolute Gasteiger partial charge is 0.300 e. The highest BCUT2D eigenvalue weighted by Crippen LogP contribution is 2.53. The molecule has 3 nitrogen and oxygen atoms in total. The Kier molecular flexibility index (Phi) is 7.61. The zero-order valence-corrected chi connectivity index (χ0v) is 31.6. The summed E-state index contributed by atoms with van der Waals surface area (Å²) in [4.78, 5) is 10.8. The van der Waals surface area contributed by atoms with Crippen molar-refractivity contribution in [2.75, 3.05) is 0 Å². The van der Waals surface area contributed by atoms with Crippen molar-refractivity contribution in [1.82, 2.24) is 14.5 Å². The number of hydrogen-bond acceptors (Lipinski definition) is 2. The molecule has 2 aromatic heterocycles. The Morgan fingerprint density at radius 3 is 2.00 bits per heavy atom. The molecule has 3 aliphatic carbocycles. The summed E-state index contributed by atoms with van der Waals surface area (Å²) in [7, 11) is 0. The Morgan fingerprint density at radius 2 is 1.26 bits per heavy atom. The minimum Gasteiger partial charge on any atom is -0.300 e. The van der Waals surface area contributed by atoms with Gasteiger partial charge < -0.3 is 4.57 Å². The van der Waals surface area contributed by atoms with E-state index in [1.165, 1.54) is 71.4 Å². The van der Waals surface area contributed by atoms with Crippen LogP contribution in [-0.2, 0) is 6.42 Å². The van der Waals surface area contributed by atoms with E-state index in [0.717, 1.165) is 45.7 Å². The van der Waals surface area contributed by atoms with Gasteiger partial charge in [-0.05, 0) is 85.6 Å². The van der Waals surface area contributed by atoms with Gasteiger partial charge in [-0.2, -0.15) is 0 Å². The molecule has 8 aromatic rings. The smallest absolute Gasteiger partial charge is 0.162 e. The van der Waals surface area contributed by atoms with E-state index in [0.29, 0.717) is 5.82 Å². The van der Waals surface area contributed by atoms with Gasteiger partial charge in [-0.25, -0.2) is 9.97 Å². The summed E-state index contributed by atoms with van der Waals surface area (Å²) in [5.74, 6) is 1.56. The molecule has 57 heavy (non-hydrogen) atoms. The lowest BCUT2D eigenvalue weighted by Crippen LogP contribution is -2.05. The third-order valence-electron chi connectivity index (χ3n) is 11.8. The van der Waals surface area contributed by atoms with Crippen LogP contribution in [0.2, 0.25) is 0 Å². The van der Waals surface area contributed by atoms with Crippen molar-refractivity contribution in [3.05, 3.63) is 199 Å². The van der Waals surface area contributed by atoms with Gasteiger partial charge >= 0.3 is 0 Å². The van der Waals surface area contributed by atoms with Gasteiger partial charge in [-0.3, -0.25) is 0 Å². The molecule has 3 aliphatic rings. The van der Waals surface area contributed by atoms with Crippen LogP contribution in [0.5, 0.6) is 0 Å². The second-order valence-electron chi connectivity index (χ2n) is 14.9. The summed E-state index contributed by atoms with van der Waals surface area (Å²) in [5, 5.41) is 6.12. The van der Waals surface area contributed by atoms with E-state index >= 15 is 0 Å². The third-order valence-corrected chi connectivity index (χ3v) is 11.8. The van der Waals surface area contributed by atoms with Gasteiger partial charge in [0.1, 0.15) is 5.82 Å². The standard InChI is InChI=1S/C54H37N3/c1-3-41-42-24-14-7-15-25-43(42)51-48(37-19-10-5-11-20-37)44-26-16-23-38-31-32-46-50(47(38)44)45(49(41)51)33-57(46)54-34(2)52(39-21-12-6-13-22-39)55-53(56-54)40-29-27-36(28-30-40)35-17-8-4-9-18-35/h3-23,25-33H,1,24H2,2H3. The van der Waals surface area contributed by atoms with Crippen molar-refractivity contribution in [2.24, 2.45) is 0 Å². The topological polar surface area (TPSA) is 30.7 Å². The monoisotopic (exact) mass is 727 g/mol. The van der Waals surface area contributed by atoms with Gasteiger partial charge in [-0.15, -0.1) is 0 Å². The van der Waals surface area contributed by atoms with Crippen molar-refractivity contribution in [3.63, 3.8) is 0 Å². The molecule has 0 N–H and O–H groups in total. The summed E-state index contributed by atoms with van der Waals surface area (Å²) in [6.45, 7) is 6.61. The predicted octanol–water partition coefficient (Wildman–Crippen LogP) is 14.0. The number of aromatic nitrogens is 3. The minimum atomic E-state index is 0.690. The lowest BCUT2D eigenvalue weighted by Gasteiger charge is -2.16. The fraction of sp³-hybridized carbons (Fsp3) is 0.0370. The van der Waals surface area contributed by atoms with Crippen LogP contribution >= 0.6 is 0 Å². The average Bonchev–Trinajstić information content (AvgIpc) is 3.63. The highest BCUT2D eigenvalue weighted by molar-refractivity contribution is 6.30. The van der Waals surface area contributed by atoms with Crippen LogP contribution in [0.1, 0.15) is 22.3 Å². The number of nitrogens with zero attached hydrogens (tertiary/aromatic N) is 3. The molecule has 3 heteroatoms. The maximum atomic E-state index is 5.46. The first-order chi connectivity index (χ1) is 28.2. The van der Waals surface area contributed by atoms with E-state index in [1.807, 2.05) is 0 Å². The molecule has 0 atom stereocenters. The van der Waals surface area contributed by atoms with Crippen molar-refractivity contribution < 1.29 is 0 Å². The first-order valence-electron chi connectivity index (χ1n) is 19.6. The van der Waals surface area contributed by atoms with Crippen LogP contribution in [0.4, 0.5) is 0 Å². The fourth-order valence-electron chi connectivity index (χ4n) is 9.21. The molecular weight excluding hydrogens is 691 g/mol. The summed E-state index contributed by atoms with van der Waals surface area (Å²) in [5.41, 5.74) is 16.1. The van der Waals surface area contributed by atoms with Crippen LogP contribution < -0.4 is 0 Å². The molecule has 0 fully saturated rings. The van der Waals surface area contributed by atoms with Crippen LogP contribution in [0, 0.1) is 6.92 Å². The molecule has 0 saturated carbocycles. The van der Waals surface area contributed by atoms with Crippen molar-refractivity contribution in [1.29, 1.82) is 0 Å². The lowest BCUT2D eigenvalue weighted by molar-refractivity contribution is 0.997. The maximum absolute atomic E-state index is 5.46. The zero-order valence-electron chi connectivity index (χ0n) is 31.6. The molecule has 0 amide bonds. The van der Waals surface area contributed by atoms with E-state index in [2.05, 4.69) is 200 Å². The molecule has 0 saturated heterocycles. The van der Waals surface area contributed by atoms with Gasteiger partial charge in [0.25, 0.3) is 0 Å². The Morgan fingerprint density at radius 1 is 0.579 bits per heavy atom. The highest BCUT2D eigenvalue weighted by Gasteiger charge is 2.30. The van der Waals surface area contributed by atoms with Gasteiger partial charge in [0.05, 0.1) is 11.2 Å². The molecule has 0 radical (unpaired) electrons. The fourth-order valence-corrected chi connectivity index (χ4v) is 9.21. The molecule has 11 rings (SSSR count). The van der Waals surface area contributed by atoms with E-state index in [1.54, 1.807) is 0 Å². The number of benzene rings is 6. The van der Waals surface area contributed by atoms with Crippen LogP contribution in [0.3, 0.4) is 0 Å². The van der Waals surface area contributed by atoms with Crippen LogP contribution in [-0.4, -0.2) is 14.5 Å². The van der Waals surface area contributed by atoms with Crippen LogP contribution in [0.25, 0.3) is 106 Å². The molecule has 0 aliphatic heterocycles. The molecule has 268 valence electrons. The van der Waals surface area contributed by atoms with Gasteiger partial charge in [0.15, 0.2) is 5.82 Å². The molecule has 2 heterocycles. The predicted molar refractivity (Wildman–Crippen MR) is 240 cm³/mol. The zero-order chi connectivity index (χ0) is 38.0. The van der Waals surface area contributed by atoms with E-state index < -0.39 is 0 Å². The summed E-state index contributed by atoms with van der Waals surface area (Å²) in [6, 6.07) is 51.8. The minimum absolute atomic E-state index is 0.690. The van der Waals surface area contributed by atoms with Crippen molar-refractivity contribution >= 4 is 44.6 Å². The average molecular weight is 728 g/mol. The normalized spacial score (nSPS) is 12.5. The molecular formula is C54H37N3. The van der Waals surface area contributed by atoms with E-state index in [4.69, 9.17) is 9.97 Å². The van der Waals surface area contributed by atoms with Gasteiger partial charge in [0, 0.05) is 33.7 Å². The molecule has 0 spiro atoms. The quantitative estimate of drug-likeness (QED) is 0.171. The first-order valence-corrected chi connectivity index (χ1v) is 19.6. The molecule has 6 aromatic carbocycles. The highest BCUT2D eigenvalue weighted by atomic mass is 15.1. The van der Waals surface area contributed by atoms with E-state index in [-0.39, 0.29) is 0 Å². The lowest BCUT2D eigenvalue weighted by atomic mass is 9.92.